The number of rotatable bonds is 2. The fraction of sp³-hybridized carbons (Fsp3) is 0.154. The summed E-state index contributed by atoms with van der Waals surface area (Å²) < 4.78 is 1.88. The molecule has 0 fully saturated rings. The molecule has 0 spiro atoms. The molecule has 0 saturated heterocycles. The van der Waals surface area contributed by atoms with Crippen LogP contribution in [0.25, 0.3) is 22.2 Å². The number of nitrogens with zero attached hydrogens (tertiary/aromatic N) is 4. The molecule has 3 rings (SSSR count). The van der Waals surface area contributed by atoms with E-state index in [1.807, 2.05) is 35.4 Å². The Morgan fingerprint density at radius 3 is 2.83 bits per heavy atom. The zero-order chi connectivity index (χ0) is 12.5. The zero-order valence-electron chi connectivity index (χ0n) is 9.84. The van der Waals surface area contributed by atoms with Crippen molar-refractivity contribution in [1.29, 1.82) is 0 Å². The second kappa shape index (κ2) is 4.38. The van der Waals surface area contributed by atoms with Crippen molar-refractivity contribution in [2.45, 2.75) is 13.5 Å². The maximum Gasteiger partial charge on any atom is 0.129 e. The molecule has 0 saturated carbocycles. The van der Waals surface area contributed by atoms with Crippen LogP contribution in [0.2, 0.25) is 5.15 Å². The third-order valence-corrected chi connectivity index (χ3v) is 3.00. The van der Waals surface area contributed by atoms with Gasteiger partial charge in [0.05, 0.1) is 17.2 Å². The summed E-state index contributed by atoms with van der Waals surface area (Å²) >= 11 is 5.89. The highest BCUT2D eigenvalue weighted by molar-refractivity contribution is 6.29. The van der Waals surface area contributed by atoms with Crippen LogP contribution in [0.1, 0.15) is 6.92 Å². The van der Waals surface area contributed by atoms with E-state index in [0.717, 1.165) is 28.7 Å². The topological polar surface area (TPSA) is 43.6 Å². The molecule has 18 heavy (non-hydrogen) atoms. The number of fused-ring (bicyclic) bond motifs is 1. The summed E-state index contributed by atoms with van der Waals surface area (Å²) in [5.41, 5.74) is 3.67. The SMILES string of the molecule is CCn1cc(-c2cnc3ccc(Cl)nc3c2)cn1. The highest BCUT2D eigenvalue weighted by Gasteiger charge is 2.04. The summed E-state index contributed by atoms with van der Waals surface area (Å²) in [6.07, 6.45) is 5.65. The maximum absolute atomic E-state index is 5.89. The number of pyridine rings is 2. The first kappa shape index (κ1) is 11.2. The monoisotopic (exact) mass is 258 g/mol. The van der Waals surface area contributed by atoms with Gasteiger partial charge in [-0.3, -0.25) is 9.67 Å². The van der Waals surface area contributed by atoms with Gasteiger partial charge in [-0.2, -0.15) is 5.10 Å². The summed E-state index contributed by atoms with van der Waals surface area (Å²) in [5, 5.41) is 4.73. The molecule has 0 aliphatic carbocycles. The molecular weight excluding hydrogens is 248 g/mol. The fourth-order valence-electron chi connectivity index (χ4n) is 1.83. The van der Waals surface area contributed by atoms with Crippen LogP contribution in [0.4, 0.5) is 0 Å². The Morgan fingerprint density at radius 2 is 2.06 bits per heavy atom. The molecule has 5 heteroatoms. The van der Waals surface area contributed by atoms with E-state index in [1.165, 1.54) is 0 Å². The average molecular weight is 259 g/mol. The van der Waals surface area contributed by atoms with Crippen LogP contribution >= 0.6 is 11.6 Å². The number of hydrogen-bond donors (Lipinski definition) is 0. The van der Waals surface area contributed by atoms with Crippen LogP contribution in [0, 0.1) is 0 Å². The number of halogens is 1. The zero-order valence-corrected chi connectivity index (χ0v) is 10.6. The minimum Gasteiger partial charge on any atom is -0.272 e. The normalized spacial score (nSPS) is 11.0. The van der Waals surface area contributed by atoms with Crippen molar-refractivity contribution in [3.05, 3.63) is 41.9 Å². The predicted molar refractivity (Wildman–Crippen MR) is 71.4 cm³/mol. The van der Waals surface area contributed by atoms with Gasteiger partial charge in [0.1, 0.15) is 5.15 Å². The standard InChI is InChI=1S/C13H11ClN4/c1-2-18-8-10(7-16-18)9-5-12-11(15-6-9)3-4-13(14)17-12/h3-8H,2H2,1H3. The second-order valence-corrected chi connectivity index (χ2v) is 4.37. The van der Waals surface area contributed by atoms with E-state index in [9.17, 15) is 0 Å². The third-order valence-electron chi connectivity index (χ3n) is 2.79. The summed E-state index contributed by atoms with van der Waals surface area (Å²) in [5.74, 6) is 0. The first-order valence-corrected chi connectivity index (χ1v) is 6.09. The predicted octanol–water partition coefficient (Wildman–Crippen LogP) is 3.17. The van der Waals surface area contributed by atoms with Crippen molar-refractivity contribution in [2.75, 3.05) is 0 Å². The van der Waals surface area contributed by atoms with E-state index < -0.39 is 0 Å². The van der Waals surface area contributed by atoms with E-state index in [0.29, 0.717) is 5.15 Å². The van der Waals surface area contributed by atoms with Gasteiger partial charge in [0.2, 0.25) is 0 Å². The maximum atomic E-state index is 5.89. The van der Waals surface area contributed by atoms with Crippen LogP contribution in [-0.2, 0) is 6.54 Å². The average Bonchev–Trinajstić information content (AvgIpc) is 2.86. The van der Waals surface area contributed by atoms with Crippen LogP contribution in [-0.4, -0.2) is 19.7 Å². The number of aromatic nitrogens is 4. The lowest BCUT2D eigenvalue weighted by atomic mass is 10.1. The van der Waals surface area contributed by atoms with Crippen LogP contribution in [0.15, 0.2) is 36.8 Å². The number of aryl methyl sites for hydroxylation is 1. The molecule has 0 aliphatic heterocycles. The molecular formula is C13H11ClN4. The lowest BCUT2D eigenvalue weighted by Crippen LogP contribution is -1.92. The molecule has 0 radical (unpaired) electrons. The minimum atomic E-state index is 0.478. The molecule has 4 nitrogen and oxygen atoms in total. The van der Waals surface area contributed by atoms with Gasteiger partial charge in [-0.1, -0.05) is 11.6 Å². The van der Waals surface area contributed by atoms with Crippen molar-refractivity contribution in [3.8, 4) is 11.1 Å². The lowest BCUT2D eigenvalue weighted by molar-refractivity contribution is 0.660. The minimum absolute atomic E-state index is 0.478. The van der Waals surface area contributed by atoms with Crippen molar-refractivity contribution in [3.63, 3.8) is 0 Å². The summed E-state index contributed by atoms with van der Waals surface area (Å²) in [4.78, 5) is 8.64. The highest BCUT2D eigenvalue weighted by Crippen LogP contribution is 2.22. The molecule has 90 valence electrons. The second-order valence-electron chi connectivity index (χ2n) is 3.98. The first-order chi connectivity index (χ1) is 8.76. The smallest absolute Gasteiger partial charge is 0.129 e. The molecule has 3 aromatic heterocycles. The third kappa shape index (κ3) is 1.95. The fourth-order valence-corrected chi connectivity index (χ4v) is 1.98. The van der Waals surface area contributed by atoms with Crippen molar-refractivity contribution in [2.24, 2.45) is 0 Å². The molecule has 0 aliphatic rings. The quantitative estimate of drug-likeness (QED) is 0.663. The van der Waals surface area contributed by atoms with Gasteiger partial charge in [0.25, 0.3) is 0 Å². The van der Waals surface area contributed by atoms with Gasteiger partial charge in [-0.25, -0.2) is 4.98 Å². The lowest BCUT2D eigenvalue weighted by Gasteiger charge is -2.00. The Hall–Kier alpha value is -1.94. The van der Waals surface area contributed by atoms with Crippen molar-refractivity contribution in [1.82, 2.24) is 19.7 Å². The van der Waals surface area contributed by atoms with Crippen LogP contribution in [0.3, 0.4) is 0 Å². The molecule has 0 unspecified atom stereocenters. The first-order valence-electron chi connectivity index (χ1n) is 5.71. The molecule has 0 aromatic carbocycles. The molecule has 0 atom stereocenters. The van der Waals surface area contributed by atoms with E-state index in [2.05, 4.69) is 22.0 Å². The summed E-state index contributed by atoms with van der Waals surface area (Å²) in [6.45, 7) is 2.90. The van der Waals surface area contributed by atoms with Gasteiger partial charge in [0.15, 0.2) is 0 Å². The summed E-state index contributed by atoms with van der Waals surface area (Å²) in [6, 6.07) is 5.58. The van der Waals surface area contributed by atoms with Gasteiger partial charge in [-0.15, -0.1) is 0 Å². The van der Waals surface area contributed by atoms with E-state index in [4.69, 9.17) is 11.6 Å². The molecule has 0 N–H and O–H groups in total. The molecule has 3 heterocycles. The largest absolute Gasteiger partial charge is 0.272 e. The Labute approximate surface area is 109 Å². The number of hydrogen-bond acceptors (Lipinski definition) is 3. The highest BCUT2D eigenvalue weighted by atomic mass is 35.5. The van der Waals surface area contributed by atoms with Gasteiger partial charge in [-0.05, 0) is 25.1 Å². The van der Waals surface area contributed by atoms with E-state index in [1.54, 1.807) is 6.07 Å². The van der Waals surface area contributed by atoms with Gasteiger partial charge in [0, 0.05) is 30.1 Å². The van der Waals surface area contributed by atoms with Crippen molar-refractivity contribution < 1.29 is 0 Å². The molecule has 3 aromatic rings. The van der Waals surface area contributed by atoms with E-state index >= 15 is 0 Å². The van der Waals surface area contributed by atoms with Crippen LogP contribution < -0.4 is 0 Å². The van der Waals surface area contributed by atoms with Crippen LogP contribution in [0.5, 0.6) is 0 Å². The Kier molecular flexibility index (Phi) is 2.72. The summed E-state index contributed by atoms with van der Waals surface area (Å²) in [7, 11) is 0. The van der Waals surface area contributed by atoms with Crippen molar-refractivity contribution >= 4 is 22.6 Å². The molecule has 0 amide bonds. The van der Waals surface area contributed by atoms with Gasteiger partial charge >= 0.3 is 0 Å². The molecule has 0 bridgehead atoms. The van der Waals surface area contributed by atoms with Gasteiger partial charge < -0.3 is 0 Å². The van der Waals surface area contributed by atoms with E-state index in [-0.39, 0.29) is 0 Å². The Bertz CT molecular complexity index is 705. The Balaban J connectivity index is 2.12. The Morgan fingerprint density at radius 1 is 1.17 bits per heavy atom.